The van der Waals surface area contributed by atoms with Crippen LogP contribution in [-0.4, -0.2) is 16.5 Å². The van der Waals surface area contributed by atoms with Crippen LogP contribution in [0.15, 0.2) is 30.6 Å². The zero-order chi connectivity index (χ0) is 14.5. The average molecular weight is 269 g/mol. The molecule has 0 amide bonds. The third kappa shape index (κ3) is 3.42. The molecule has 1 atom stereocenters. The van der Waals surface area contributed by atoms with E-state index >= 15 is 0 Å². The van der Waals surface area contributed by atoms with Gasteiger partial charge in [-0.2, -0.15) is 0 Å². The maximum Gasteiger partial charge on any atom is 0.0769 e. The second kappa shape index (κ2) is 6.62. The minimum absolute atomic E-state index is 0.114. The van der Waals surface area contributed by atoms with Gasteiger partial charge in [0.2, 0.25) is 0 Å². The lowest BCUT2D eigenvalue weighted by Gasteiger charge is -2.20. The van der Waals surface area contributed by atoms with E-state index in [1.54, 1.807) is 0 Å². The number of aromatic nitrogens is 2. The predicted molar refractivity (Wildman–Crippen MR) is 82.8 cm³/mol. The molecule has 0 aromatic carbocycles. The van der Waals surface area contributed by atoms with Crippen LogP contribution < -0.4 is 5.32 Å². The molecule has 0 fully saturated rings. The van der Waals surface area contributed by atoms with Gasteiger partial charge in [0, 0.05) is 18.1 Å². The molecule has 2 heterocycles. The molecule has 0 spiro atoms. The first kappa shape index (κ1) is 14.7. The van der Waals surface area contributed by atoms with Crippen molar-refractivity contribution in [3.63, 3.8) is 0 Å². The zero-order valence-corrected chi connectivity index (χ0v) is 12.8. The van der Waals surface area contributed by atoms with Gasteiger partial charge in [0.05, 0.1) is 11.7 Å². The summed E-state index contributed by atoms with van der Waals surface area (Å²) in [5, 5.41) is 3.58. The monoisotopic (exact) mass is 269 g/mol. The van der Waals surface area contributed by atoms with E-state index in [1.807, 2.05) is 19.3 Å². The Morgan fingerprint density at radius 2 is 1.90 bits per heavy atom. The highest BCUT2D eigenvalue weighted by molar-refractivity contribution is 5.33. The molecule has 3 heteroatoms. The number of nitrogens with zero attached hydrogens (tertiary/aromatic N) is 2. The van der Waals surface area contributed by atoms with Crippen molar-refractivity contribution in [1.82, 2.24) is 15.3 Å². The molecule has 2 aromatic heterocycles. The Hall–Kier alpha value is -1.74. The number of rotatable bonds is 5. The molecular weight excluding hydrogens is 246 g/mol. The van der Waals surface area contributed by atoms with Crippen molar-refractivity contribution < 1.29 is 0 Å². The first-order valence-electron chi connectivity index (χ1n) is 7.21. The lowest BCUT2D eigenvalue weighted by Crippen LogP contribution is -2.25. The quantitative estimate of drug-likeness (QED) is 0.903. The molecule has 0 aliphatic carbocycles. The number of hydrogen-bond donors (Lipinski definition) is 1. The van der Waals surface area contributed by atoms with Gasteiger partial charge in [-0.3, -0.25) is 9.97 Å². The summed E-state index contributed by atoms with van der Waals surface area (Å²) in [5.74, 6) is 0. The number of nitrogens with one attached hydrogen (secondary N) is 1. The van der Waals surface area contributed by atoms with E-state index in [4.69, 9.17) is 0 Å². The topological polar surface area (TPSA) is 37.8 Å². The molecule has 1 N–H and O–H groups in total. The van der Waals surface area contributed by atoms with Crippen molar-refractivity contribution in [1.29, 1.82) is 0 Å². The van der Waals surface area contributed by atoms with Crippen molar-refractivity contribution in [2.75, 3.05) is 6.54 Å². The van der Waals surface area contributed by atoms with Crippen molar-refractivity contribution >= 4 is 0 Å². The summed E-state index contributed by atoms with van der Waals surface area (Å²) in [7, 11) is 0. The summed E-state index contributed by atoms with van der Waals surface area (Å²) in [4.78, 5) is 9.05. The van der Waals surface area contributed by atoms with Crippen LogP contribution in [0.4, 0.5) is 0 Å². The van der Waals surface area contributed by atoms with Gasteiger partial charge in [-0.05, 0) is 56.5 Å². The van der Waals surface area contributed by atoms with Crippen molar-refractivity contribution in [2.45, 2.75) is 40.2 Å². The first-order valence-corrected chi connectivity index (χ1v) is 7.21. The molecule has 20 heavy (non-hydrogen) atoms. The van der Waals surface area contributed by atoms with E-state index in [0.717, 1.165) is 24.4 Å². The molecule has 0 aliphatic heterocycles. The molecule has 2 rings (SSSR count). The van der Waals surface area contributed by atoms with Crippen molar-refractivity contribution in [2.24, 2.45) is 0 Å². The fourth-order valence-electron chi connectivity index (χ4n) is 2.34. The highest BCUT2D eigenvalue weighted by Gasteiger charge is 2.17. The van der Waals surface area contributed by atoms with Gasteiger partial charge in [0.25, 0.3) is 0 Å². The van der Waals surface area contributed by atoms with Crippen LogP contribution >= 0.6 is 0 Å². The number of aryl methyl sites for hydroxylation is 3. The van der Waals surface area contributed by atoms with Gasteiger partial charge in [0.15, 0.2) is 0 Å². The minimum atomic E-state index is 0.114. The van der Waals surface area contributed by atoms with Crippen LogP contribution in [-0.2, 0) is 0 Å². The van der Waals surface area contributed by atoms with Crippen molar-refractivity contribution in [3.05, 3.63) is 58.7 Å². The molecule has 106 valence electrons. The summed E-state index contributed by atoms with van der Waals surface area (Å²) in [5.41, 5.74) is 5.72. The van der Waals surface area contributed by atoms with Gasteiger partial charge in [-0.1, -0.05) is 19.1 Å². The molecule has 1 unspecified atom stereocenters. The normalized spacial score (nSPS) is 12.4. The second-order valence-corrected chi connectivity index (χ2v) is 5.33. The standard InChI is InChI=1S/C17H23N3/c1-5-8-18-17(15-7-6-14(4)19-11-15)16-13(3)9-12(2)10-20-16/h6-7,9-11,17-18H,5,8H2,1-4H3. The lowest BCUT2D eigenvalue weighted by molar-refractivity contribution is 0.581. The molecule has 0 saturated carbocycles. The van der Waals surface area contributed by atoms with E-state index in [2.05, 4.69) is 54.3 Å². The minimum Gasteiger partial charge on any atom is -0.305 e. The van der Waals surface area contributed by atoms with E-state index < -0.39 is 0 Å². The highest BCUT2D eigenvalue weighted by atomic mass is 14.9. The van der Waals surface area contributed by atoms with Gasteiger partial charge in [-0.15, -0.1) is 0 Å². The molecule has 0 aliphatic rings. The molecular formula is C17H23N3. The maximum absolute atomic E-state index is 4.64. The Morgan fingerprint density at radius 3 is 2.50 bits per heavy atom. The molecule has 0 bridgehead atoms. The fourth-order valence-corrected chi connectivity index (χ4v) is 2.34. The zero-order valence-electron chi connectivity index (χ0n) is 12.8. The van der Waals surface area contributed by atoms with E-state index in [-0.39, 0.29) is 6.04 Å². The van der Waals surface area contributed by atoms with E-state index in [9.17, 15) is 0 Å². The summed E-state index contributed by atoms with van der Waals surface area (Å²) < 4.78 is 0. The number of pyridine rings is 2. The Labute approximate surface area is 121 Å². The Bertz CT molecular complexity index is 561. The Morgan fingerprint density at radius 1 is 1.10 bits per heavy atom. The maximum atomic E-state index is 4.64. The van der Waals surface area contributed by atoms with Crippen molar-refractivity contribution in [3.8, 4) is 0 Å². The van der Waals surface area contributed by atoms with Gasteiger partial charge in [0.1, 0.15) is 0 Å². The van der Waals surface area contributed by atoms with Gasteiger partial charge in [-0.25, -0.2) is 0 Å². The van der Waals surface area contributed by atoms with Crippen LogP contribution in [0.2, 0.25) is 0 Å². The fraction of sp³-hybridized carbons (Fsp3) is 0.412. The third-order valence-electron chi connectivity index (χ3n) is 3.39. The third-order valence-corrected chi connectivity index (χ3v) is 3.39. The Kier molecular flexibility index (Phi) is 4.85. The Balaban J connectivity index is 2.38. The molecule has 0 saturated heterocycles. The highest BCUT2D eigenvalue weighted by Crippen LogP contribution is 2.23. The van der Waals surface area contributed by atoms with Crippen LogP contribution in [0.25, 0.3) is 0 Å². The van der Waals surface area contributed by atoms with Crippen LogP contribution in [0.5, 0.6) is 0 Å². The molecule has 0 radical (unpaired) electrons. The van der Waals surface area contributed by atoms with E-state index in [0.29, 0.717) is 0 Å². The number of hydrogen-bond acceptors (Lipinski definition) is 3. The first-order chi connectivity index (χ1) is 9.61. The van der Waals surface area contributed by atoms with Crippen LogP contribution in [0, 0.1) is 20.8 Å². The van der Waals surface area contributed by atoms with Gasteiger partial charge < -0.3 is 5.32 Å². The average Bonchev–Trinajstić information content (AvgIpc) is 2.42. The summed E-state index contributed by atoms with van der Waals surface area (Å²) in [6, 6.07) is 6.49. The largest absolute Gasteiger partial charge is 0.305 e. The summed E-state index contributed by atoms with van der Waals surface area (Å²) in [6.45, 7) is 9.34. The predicted octanol–water partition coefficient (Wildman–Crippen LogP) is 3.49. The summed E-state index contributed by atoms with van der Waals surface area (Å²) in [6.07, 6.45) is 4.98. The lowest BCUT2D eigenvalue weighted by atomic mass is 10.00. The van der Waals surface area contributed by atoms with E-state index in [1.165, 1.54) is 16.7 Å². The second-order valence-electron chi connectivity index (χ2n) is 5.33. The summed E-state index contributed by atoms with van der Waals surface area (Å²) >= 11 is 0. The SMILES string of the molecule is CCCNC(c1ccc(C)nc1)c1ncc(C)cc1C. The van der Waals surface area contributed by atoms with Gasteiger partial charge >= 0.3 is 0 Å². The van der Waals surface area contributed by atoms with Crippen LogP contribution in [0.3, 0.4) is 0 Å². The molecule has 2 aromatic rings. The van der Waals surface area contributed by atoms with Crippen LogP contribution in [0.1, 0.15) is 47.5 Å². The molecule has 3 nitrogen and oxygen atoms in total. The smallest absolute Gasteiger partial charge is 0.0769 e.